The summed E-state index contributed by atoms with van der Waals surface area (Å²) in [5, 5.41) is 8.47. The molecule has 0 bridgehead atoms. The molecule has 1 amide bonds. The molecule has 3 heteroatoms. The predicted octanol–water partition coefficient (Wildman–Crippen LogP) is 3.47. The number of anilines is 1. The minimum absolute atomic E-state index is 0.0205. The van der Waals surface area contributed by atoms with Crippen molar-refractivity contribution in [1.29, 1.82) is 5.26 Å². The SMILES string of the molecule is CCC(C)c1ccc(N(C)C(=O)CCC#N)cc1. The molecule has 0 N–H and O–H groups in total. The fraction of sp³-hybridized carbons (Fsp3) is 0.467. The monoisotopic (exact) mass is 244 g/mol. The van der Waals surface area contributed by atoms with Crippen LogP contribution in [0, 0.1) is 11.3 Å². The van der Waals surface area contributed by atoms with E-state index in [4.69, 9.17) is 5.26 Å². The van der Waals surface area contributed by atoms with Crippen molar-refractivity contribution in [1.82, 2.24) is 0 Å². The zero-order chi connectivity index (χ0) is 13.5. The van der Waals surface area contributed by atoms with E-state index in [0.717, 1.165) is 12.1 Å². The van der Waals surface area contributed by atoms with Crippen LogP contribution in [0.25, 0.3) is 0 Å². The molecule has 3 nitrogen and oxygen atoms in total. The van der Waals surface area contributed by atoms with E-state index in [1.54, 1.807) is 11.9 Å². The minimum atomic E-state index is -0.0205. The van der Waals surface area contributed by atoms with Gasteiger partial charge >= 0.3 is 0 Å². The lowest BCUT2D eigenvalue weighted by molar-refractivity contribution is -0.118. The molecule has 0 spiro atoms. The number of rotatable bonds is 5. The molecule has 0 radical (unpaired) electrons. The summed E-state index contributed by atoms with van der Waals surface area (Å²) in [5.74, 6) is 0.520. The number of hydrogen-bond acceptors (Lipinski definition) is 2. The van der Waals surface area contributed by atoms with Gasteiger partial charge in [0.1, 0.15) is 0 Å². The Balaban J connectivity index is 2.73. The first-order chi connectivity index (χ1) is 8.60. The number of carbonyl (C=O) groups is 1. The van der Waals surface area contributed by atoms with Gasteiger partial charge in [-0.2, -0.15) is 5.26 Å². The first-order valence-corrected chi connectivity index (χ1v) is 6.33. The molecule has 96 valence electrons. The highest BCUT2D eigenvalue weighted by Gasteiger charge is 2.11. The Morgan fingerprint density at radius 1 is 1.39 bits per heavy atom. The fourth-order valence-corrected chi connectivity index (χ4v) is 1.74. The van der Waals surface area contributed by atoms with Crippen LogP contribution in [-0.2, 0) is 4.79 Å². The molecule has 0 aliphatic carbocycles. The zero-order valence-corrected chi connectivity index (χ0v) is 11.3. The molecule has 18 heavy (non-hydrogen) atoms. The van der Waals surface area contributed by atoms with Crippen molar-refractivity contribution in [3.63, 3.8) is 0 Å². The van der Waals surface area contributed by atoms with Gasteiger partial charge in [0.2, 0.25) is 5.91 Å². The summed E-state index contributed by atoms with van der Waals surface area (Å²) in [5.41, 5.74) is 2.17. The molecule has 1 aromatic rings. The van der Waals surface area contributed by atoms with Crippen LogP contribution < -0.4 is 4.90 Å². The Hall–Kier alpha value is -1.82. The third kappa shape index (κ3) is 3.59. The molecule has 1 rings (SSSR count). The second-order valence-corrected chi connectivity index (χ2v) is 4.51. The summed E-state index contributed by atoms with van der Waals surface area (Å²) >= 11 is 0. The Morgan fingerprint density at radius 2 is 2.00 bits per heavy atom. The molecule has 0 saturated carbocycles. The van der Waals surface area contributed by atoms with Crippen molar-refractivity contribution in [2.45, 2.75) is 39.0 Å². The van der Waals surface area contributed by atoms with Crippen molar-refractivity contribution < 1.29 is 4.79 Å². The van der Waals surface area contributed by atoms with Gasteiger partial charge in [0.25, 0.3) is 0 Å². The van der Waals surface area contributed by atoms with Crippen LogP contribution in [0.15, 0.2) is 24.3 Å². The van der Waals surface area contributed by atoms with E-state index in [-0.39, 0.29) is 18.7 Å². The smallest absolute Gasteiger partial charge is 0.227 e. The third-order valence-corrected chi connectivity index (χ3v) is 3.29. The van der Waals surface area contributed by atoms with E-state index in [2.05, 4.69) is 26.0 Å². The van der Waals surface area contributed by atoms with Crippen molar-refractivity contribution in [2.24, 2.45) is 0 Å². The van der Waals surface area contributed by atoms with E-state index in [9.17, 15) is 4.79 Å². The summed E-state index contributed by atoms with van der Waals surface area (Å²) in [6.07, 6.45) is 1.66. The highest BCUT2D eigenvalue weighted by molar-refractivity contribution is 5.92. The standard InChI is InChI=1S/C15H20N2O/c1-4-12(2)13-7-9-14(10-8-13)17(3)15(18)6-5-11-16/h7-10,12H,4-6H2,1-3H3. The number of carbonyl (C=O) groups excluding carboxylic acids is 1. The zero-order valence-electron chi connectivity index (χ0n) is 11.3. The van der Waals surface area contributed by atoms with Gasteiger partial charge in [-0.05, 0) is 30.0 Å². The van der Waals surface area contributed by atoms with Crippen LogP contribution in [0.3, 0.4) is 0 Å². The van der Waals surface area contributed by atoms with E-state index in [1.165, 1.54) is 5.56 Å². The molecule has 1 atom stereocenters. The Kier molecular flexibility index (Phi) is 5.38. The second-order valence-electron chi connectivity index (χ2n) is 4.51. The van der Waals surface area contributed by atoms with Gasteiger partial charge in [-0.1, -0.05) is 26.0 Å². The fourth-order valence-electron chi connectivity index (χ4n) is 1.74. The number of benzene rings is 1. The van der Waals surface area contributed by atoms with Crippen LogP contribution in [-0.4, -0.2) is 13.0 Å². The van der Waals surface area contributed by atoms with Gasteiger partial charge in [0, 0.05) is 25.6 Å². The Labute approximate surface area is 109 Å². The average Bonchev–Trinajstić information content (AvgIpc) is 2.43. The Morgan fingerprint density at radius 3 is 2.50 bits per heavy atom. The number of hydrogen-bond donors (Lipinski definition) is 0. The van der Waals surface area contributed by atoms with Gasteiger partial charge in [-0.3, -0.25) is 4.79 Å². The lowest BCUT2D eigenvalue weighted by Crippen LogP contribution is -2.25. The molecule has 0 heterocycles. The molecule has 0 aliphatic rings. The number of nitrogens with zero attached hydrogens (tertiary/aromatic N) is 2. The molecular weight excluding hydrogens is 224 g/mol. The summed E-state index contributed by atoms with van der Waals surface area (Å²) < 4.78 is 0. The maximum atomic E-state index is 11.8. The van der Waals surface area contributed by atoms with E-state index >= 15 is 0 Å². The van der Waals surface area contributed by atoms with Gasteiger partial charge < -0.3 is 4.90 Å². The molecule has 0 fully saturated rings. The van der Waals surface area contributed by atoms with Gasteiger partial charge in [0.05, 0.1) is 6.07 Å². The predicted molar refractivity (Wildman–Crippen MR) is 73.4 cm³/mol. The number of amides is 1. The second kappa shape index (κ2) is 6.80. The molecule has 1 unspecified atom stereocenters. The maximum absolute atomic E-state index is 11.8. The maximum Gasteiger partial charge on any atom is 0.227 e. The van der Waals surface area contributed by atoms with E-state index < -0.39 is 0 Å². The summed E-state index contributed by atoms with van der Waals surface area (Å²) in [4.78, 5) is 13.4. The molecular formula is C15H20N2O. The highest BCUT2D eigenvalue weighted by atomic mass is 16.2. The average molecular weight is 244 g/mol. The Bertz CT molecular complexity index is 431. The molecule has 0 saturated heterocycles. The largest absolute Gasteiger partial charge is 0.315 e. The van der Waals surface area contributed by atoms with E-state index in [0.29, 0.717) is 5.92 Å². The molecule has 0 aliphatic heterocycles. The van der Waals surface area contributed by atoms with Crippen LogP contribution >= 0.6 is 0 Å². The topological polar surface area (TPSA) is 44.1 Å². The molecule has 0 aromatic heterocycles. The first kappa shape index (κ1) is 14.2. The van der Waals surface area contributed by atoms with Gasteiger partial charge in [-0.15, -0.1) is 0 Å². The summed E-state index contributed by atoms with van der Waals surface area (Å²) in [7, 11) is 1.75. The van der Waals surface area contributed by atoms with Crippen LogP contribution in [0.4, 0.5) is 5.69 Å². The third-order valence-electron chi connectivity index (χ3n) is 3.29. The lowest BCUT2D eigenvalue weighted by atomic mass is 9.98. The van der Waals surface area contributed by atoms with Crippen molar-refractivity contribution in [2.75, 3.05) is 11.9 Å². The molecule has 1 aromatic carbocycles. The van der Waals surface area contributed by atoms with E-state index in [1.807, 2.05) is 18.2 Å². The van der Waals surface area contributed by atoms with Crippen LogP contribution in [0.5, 0.6) is 0 Å². The van der Waals surface area contributed by atoms with Crippen LogP contribution in [0.1, 0.15) is 44.6 Å². The van der Waals surface area contributed by atoms with Crippen molar-refractivity contribution >= 4 is 11.6 Å². The quantitative estimate of drug-likeness (QED) is 0.796. The first-order valence-electron chi connectivity index (χ1n) is 6.33. The normalized spacial score (nSPS) is 11.7. The van der Waals surface area contributed by atoms with Gasteiger partial charge in [-0.25, -0.2) is 0 Å². The van der Waals surface area contributed by atoms with Crippen LogP contribution in [0.2, 0.25) is 0 Å². The van der Waals surface area contributed by atoms with Crippen molar-refractivity contribution in [3.8, 4) is 6.07 Å². The summed E-state index contributed by atoms with van der Waals surface area (Å²) in [6.45, 7) is 4.35. The van der Waals surface area contributed by atoms with Gasteiger partial charge in [0.15, 0.2) is 0 Å². The number of nitriles is 1. The minimum Gasteiger partial charge on any atom is -0.315 e. The lowest BCUT2D eigenvalue weighted by Gasteiger charge is -2.18. The van der Waals surface area contributed by atoms with Crippen molar-refractivity contribution in [3.05, 3.63) is 29.8 Å². The summed E-state index contributed by atoms with van der Waals surface area (Å²) in [6, 6.07) is 10.1. The highest BCUT2D eigenvalue weighted by Crippen LogP contribution is 2.22.